The molecule has 0 bridgehead atoms. The highest BCUT2D eigenvalue weighted by atomic mass is 35.5. The quantitative estimate of drug-likeness (QED) is 0.294. The van der Waals surface area contributed by atoms with Gasteiger partial charge in [0.2, 0.25) is 5.91 Å². The fourth-order valence-electron chi connectivity index (χ4n) is 6.00. The Morgan fingerprint density at radius 2 is 2.00 bits per heavy atom. The molecular weight excluding hydrogens is 585 g/mol. The van der Waals surface area contributed by atoms with Crippen LogP contribution in [0.2, 0.25) is 5.02 Å². The smallest absolute Gasteiger partial charge is 0.355 e. The summed E-state index contributed by atoms with van der Waals surface area (Å²) in [6.07, 6.45) is 3.02. The van der Waals surface area contributed by atoms with Gasteiger partial charge in [0.15, 0.2) is 11.4 Å². The number of halogens is 2. The van der Waals surface area contributed by atoms with Crippen molar-refractivity contribution in [3.63, 3.8) is 0 Å². The van der Waals surface area contributed by atoms with Gasteiger partial charge in [0, 0.05) is 37.9 Å². The predicted octanol–water partition coefficient (Wildman–Crippen LogP) is 4.42. The molecule has 2 aliphatic rings. The Balaban J connectivity index is 1.71. The Morgan fingerprint density at radius 3 is 2.70 bits per heavy atom. The number of ether oxygens (including phenoxy) is 1. The van der Waals surface area contributed by atoms with Gasteiger partial charge in [-0.05, 0) is 49.9 Å². The predicted molar refractivity (Wildman–Crippen MR) is 168 cm³/mol. The molecule has 1 fully saturated rings. The number of anilines is 1. The van der Waals surface area contributed by atoms with Gasteiger partial charge in [0.05, 0.1) is 23.1 Å². The highest BCUT2D eigenvalue weighted by Gasteiger charge is 2.37. The van der Waals surface area contributed by atoms with Gasteiger partial charge in [-0.3, -0.25) is 9.78 Å². The number of carbonyl (C=O) groups is 1. The van der Waals surface area contributed by atoms with Crippen LogP contribution in [0.1, 0.15) is 31.0 Å². The van der Waals surface area contributed by atoms with Crippen LogP contribution < -0.4 is 15.3 Å². The number of pyridine rings is 2. The van der Waals surface area contributed by atoms with Crippen molar-refractivity contribution < 1.29 is 13.9 Å². The minimum Gasteiger partial charge on any atom is -0.489 e. The molecule has 10 nitrogen and oxygen atoms in total. The van der Waals surface area contributed by atoms with Gasteiger partial charge in [-0.25, -0.2) is 18.7 Å². The number of fused-ring (bicyclic) bond motifs is 2. The van der Waals surface area contributed by atoms with E-state index >= 15 is 4.39 Å². The van der Waals surface area contributed by atoms with Crippen molar-refractivity contribution in [2.75, 3.05) is 45.2 Å². The molecule has 0 saturated carbocycles. The van der Waals surface area contributed by atoms with E-state index in [1.165, 1.54) is 16.7 Å². The summed E-state index contributed by atoms with van der Waals surface area (Å²) in [5.41, 5.74) is 2.10. The number of hydrogen-bond donors (Lipinski definition) is 0. The molecule has 44 heavy (non-hydrogen) atoms. The fraction of sp³-hybridized carbons (Fsp3) is 0.344. The zero-order chi connectivity index (χ0) is 31.3. The van der Waals surface area contributed by atoms with Crippen molar-refractivity contribution in [3.8, 4) is 22.7 Å². The van der Waals surface area contributed by atoms with Crippen molar-refractivity contribution >= 4 is 34.4 Å². The number of piperazine rings is 1. The van der Waals surface area contributed by atoms with E-state index in [2.05, 4.69) is 16.5 Å². The van der Waals surface area contributed by atoms with Crippen LogP contribution in [0.25, 0.3) is 28.0 Å². The van der Waals surface area contributed by atoms with E-state index in [1.807, 2.05) is 43.8 Å². The molecule has 1 aromatic carbocycles. The first-order chi connectivity index (χ1) is 21.1. The van der Waals surface area contributed by atoms with Gasteiger partial charge in [-0.15, -0.1) is 0 Å². The van der Waals surface area contributed by atoms with E-state index in [1.54, 1.807) is 29.3 Å². The molecule has 6 rings (SSSR count). The summed E-state index contributed by atoms with van der Waals surface area (Å²) < 4.78 is 23.1. The topological polar surface area (TPSA) is 96.7 Å². The number of carbonyl (C=O) groups excluding carboxylic acids is 1. The molecule has 0 unspecified atom stereocenters. The summed E-state index contributed by atoms with van der Waals surface area (Å²) in [5.74, 6) is -0.126. The highest BCUT2D eigenvalue weighted by Crippen LogP contribution is 2.45. The van der Waals surface area contributed by atoms with E-state index < -0.39 is 11.5 Å². The third kappa shape index (κ3) is 4.99. The molecule has 0 spiro atoms. The Bertz CT molecular complexity index is 1860. The number of rotatable bonds is 6. The summed E-state index contributed by atoms with van der Waals surface area (Å²) >= 11 is 7.01. The van der Waals surface area contributed by atoms with Crippen molar-refractivity contribution in [1.82, 2.24) is 29.3 Å². The third-order valence-electron chi connectivity index (χ3n) is 7.99. The summed E-state index contributed by atoms with van der Waals surface area (Å²) in [7, 11) is 3.89. The average molecular weight is 618 g/mol. The van der Waals surface area contributed by atoms with Crippen LogP contribution in [0.5, 0.6) is 5.75 Å². The molecule has 2 aliphatic heterocycles. The fourth-order valence-corrected chi connectivity index (χ4v) is 6.30. The van der Waals surface area contributed by atoms with Crippen LogP contribution >= 0.6 is 11.6 Å². The maximum absolute atomic E-state index is 15.2. The molecular formula is C32H33ClFN7O3. The molecule has 1 amide bonds. The van der Waals surface area contributed by atoms with Crippen LogP contribution in [0.15, 0.2) is 54.0 Å². The molecule has 12 heteroatoms. The molecule has 5 heterocycles. The van der Waals surface area contributed by atoms with Crippen LogP contribution in [0.3, 0.4) is 0 Å². The van der Waals surface area contributed by atoms with E-state index in [0.29, 0.717) is 48.8 Å². The van der Waals surface area contributed by atoms with Gasteiger partial charge >= 0.3 is 5.69 Å². The van der Waals surface area contributed by atoms with Crippen LogP contribution in [0.4, 0.5) is 10.2 Å². The van der Waals surface area contributed by atoms with Crippen LogP contribution in [0, 0.1) is 5.82 Å². The van der Waals surface area contributed by atoms with Gasteiger partial charge in [-0.2, -0.15) is 4.98 Å². The lowest BCUT2D eigenvalue weighted by molar-refractivity contribution is -0.126. The van der Waals surface area contributed by atoms with Crippen molar-refractivity contribution in [1.29, 1.82) is 0 Å². The third-order valence-corrected chi connectivity index (χ3v) is 8.34. The summed E-state index contributed by atoms with van der Waals surface area (Å²) in [6.45, 7) is 9.45. The largest absolute Gasteiger partial charge is 0.489 e. The molecule has 0 aliphatic carbocycles. The minimum atomic E-state index is -0.562. The Hall–Kier alpha value is -4.35. The maximum atomic E-state index is 15.2. The van der Waals surface area contributed by atoms with E-state index in [-0.39, 0.29) is 52.2 Å². The SMILES string of the molecule is C=CC(=O)N1CCN2c3nc(=O)n(-c4c(CN(C)C)ccnc4C(C)C)c4nc(-c5ccccc5F)c(Cl)c(c34)OC[C@H]2C1. The van der Waals surface area contributed by atoms with E-state index in [4.69, 9.17) is 21.3 Å². The minimum absolute atomic E-state index is 0.0432. The first kappa shape index (κ1) is 29.7. The average Bonchev–Trinajstić information content (AvgIpc) is 3.16. The second-order valence-electron chi connectivity index (χ2n) is 11.6. The van der Waals surface area contributed by atoms with E-state index in [9.17, 15) is 9.59 Å². The molecule has 0 radical (unpaired) electrons. The van der Waals surface area contributed by atoms with Gasteiger partial charge in [0.1, 0.15) is 28.7 Å². The molecule has 1 saturated heterocycles. The van der Waals surface area contributed by atoms with Crippen LogP contribution in [-0.2, 0) is 11.3 Å². The summed E-state index contributed by atoms with van der Waals surface area (Å²) in [5, 5.41) is 0.550. The number of amides is 1. The molecule has 0 N–H and O–H groups in total. The van der Waals surface area contributed by atoms with Gasteiger partial charge in [0.25, 0.3) is 0 Å². The highest BCUT2D eigenvalue weighted by molar-refractivity contribution is 6.36. The zero-order valence-corrected chi connectivity index (χ0v) is 25.8. The van der Waals surface area contributed by atoms with Crippen LogP contribution in [-0.4, -0.2) is 81.6 Å². The summed E-state index contributed by atoms with van der Waals surface area (Å²) in [6, 6.07) is 7.76. The Labute approximate surface area is 259 Å². The Morgan fingerprint density at radius 1 is 1.23 bits per heavy atom. The van der Waals surface area contributed by atoms with Gasteiger partial charge in [-0.1, -0.05) is 44.2 Å². The molecule has 228 valence electrons. The summed E-state index contributed by atoms with van der Waals surface area (Å²) in [4.78, 5) is 46.7. The number of benzene rings is 1. The monoisotopic (exact) mass is 617 g/mol. The lowest BCUT2D eigenvalue weighted by Crippen LogP contribution is -2.56. The number of nitrogens with zero attached hydrogens (tertiary/aromatic N) is 7. The normalized spacial score (nSPS) is 16.2. The first-order valence-electron chi connectivity index (χ1n) is 14.5. The lowest BCUT2D eigenvalue weighted by Gasteiger charge is -2.40. The second-order valence-corrected chi connectivity index (χ2v) is 12.0. The zero-order valence-electron chi connectivity index (χ0n) is 25.0. The van der Waals surface area contributed by atoms with Crippen molar-refractivity contribution in [2.24, 2.45) is 0 Å². The number of aromatic nitrogens is 4. The molecule has 1 atom stereocenters. The first-order valence-corrected chi connectivity index (χ1v) is 14.8. The van der Waals surface area contributed by atoms with E-state index in [0.717, 1.165) is 5.56 Å². The molecule has 4 aromatic rings. The number of hydrogen-bond acceptors (Lipinski definition) is 8. The molecule has 3 aromatic heterocycles. The van der Waals surface area contributed by atoms with Crippen molar-refractivity contribution in [3.05, 3.63) is 81.8 Å². The maximum Gasteiger partial charge on any atom is 0.355 e. The van der Waals surface area contributed by atoms with Crippen molar-refractivity contribution in [2.45, 2.75) is 32.4 Å². The lowest BCUT2D eigenvalue weighted by atomic mass is 10.0. The Kier molecular flexibility index (Phi) is 7.85. The van der Waals surface area contributed by atoms with Gasteiger partial charge < -0.3 is 19.4 Å². The standard InChI is InChI=1S/C32H33ClFN7O3/c1-6-23(42)39-13-14-40-20(16-39)17-44-29-24-30(40)37-32(43)41(28-19(15-38(4)5)11-12-35-26(28)18(2)3)31(24)36-27(25(29)33)21-9-7-8-10-22(21)34/h6-12,18,20H,1,13-17H2,2-5H3/t20-/m1/s1. The second kappa shape index (κ2) is 11.6.